The minimum absolute atomic E-state index is 0.00406. The zero-order chi connectivity index (χ0) is 60.4. The molecule has 0 bridgehead atoms. The van der Waals surface area contributed by atoms with Crippen molar-refractivity contribution in [3.05, 3.63) is 59.3 Å². The number of rotatable bonds is 36. The largest absolute Gasteiger partial charge is 0.363 e. The molecule has 0 atom stereocenters. The second-order valence-electron chi connectivity index (χ2n) is 16.7. The van der Waals surface area contributed by atoms with E-state index in [-0.39, 0.29) is 111 Å². The first-order valence-corrected chi connectivity index (χ1v) is 42.1. The summed E-state index contributed by atoms with van der Waals surface area (Å²) in [6.45, 7) is 19.9. The van der Waals surface area contributed by atoms with Crippen LogP contribution in [0.4, 0.5) is 0 Å². The smallest absolute Gasteiger partial charge is 0.305 e. The monoisotopic (exact) mass is 1390 g/mol. The van der Waals surface area contributed by atoms with Crippen LogP contribution in [0.3, 0.4) is 0 Å². The van der Waals surface area contributed by atoms with Crippen molar-refractivity contribution in [1.29, 1.82) is 0 Å². The summed E-state index contributed by atoms with van der Waals surface area (Å²) in [5.74, 6) is 0. The molecule has 18 nitrogen and oxygen atoms in total. The number of thiophene rings is 7. The van der Waals surface area contributed by atoms with Crippen LogP contribution < -0.4 is 31.8 Å². The first-order chi connectivity index (χ1) is 39.8. The molecule has 458 valence electrons. The molecule has 7 aromatic rings. The molecule has 0 spiro atoms. The van der Waals surface area contributed by atoms with Gasteiger partial charge in [-0.3, -0.25) is 27.4 Å². The summed E-state index contributed by atoms with van der Waals surface area (Å²) in [6, 6.07) is 14.6. The lowest BCUT2D eigenvalue weighted by Gasteiger charge is -2.23. The lowest BCUT2D eigenvalue weighted by Crippen LogP contribution is -2.28. The summed E-state index contributed by atoms with van der Waals surface area (Å²) in [5.41, 5.74) is 0. The van der Waals surface area contributed by atoms with Gasteiger partial charge in [-0.1, -0.05) is 12.1 Å². The van der Waals surface area contributed by atoms with Crippen molar-refractivity contribution in [2.75, 3.05) is 79.3 Å². The van der Waals surface area contributed by atoms with Gasteiger partial charge in [-0.2, -0.15) is 0 Å². The van der Waals surface area contributed by atoms with Crippen molar-refractivity contribution in [2.24, 2.45) is 0 Å². The van der Waals surface area contributed by atoms with E-state index in [9.17, 15) is 0 Å². The van der Waals surface area contributed by atoms with Gasteiger partial charge in [-0.25, -0.2) is 0 Å². The van der Waals surface area contributed by atoms with E-state index in [1.807, 2.05) is 35.0 Å². The Bertz CT molecular complexity index is 3270. The molecule has 7 aromatic heterocycles. The van der Waals surface area contributed by atoms with E-state index >= 15 is 27.4 Å². The fourth-order valence-corrected chi connectivity index (χ4v) is 32.7. The third kappa shape index (κ3) is 14.4. The quantitative estimate of drug-likeness (QED) is 0.0334. The van der Waals surface area contributed by atoms with Crippen LogP contribution in [0, 0.1) is 0 Å². The highest BCUT2D eigenvalue weighted by atomic mass is 32.1. The number of hydrogen-bond acceptors (Lipinski definition) is 25. The summed E-state index contributed by atoms with van der Waals surface area (Å²) < 4.78 is 167. The second-order valence-corrected chi connectivity index (χ2v) is 35.5. The molecule has 7 rings (SSSR count). The van der Waals surface area contributed by atoms with E-state index in [4.69, 9.17) is 54.3 Å². The maximum absolute atomic E-state index is 15.9. The van der Waals surface area contributed by atoms with Gasteiger partial charge in [0.2, 0.25) is 0 Å². The lowest BCUT2D eigenvalue weighted by molar-refractivity contribution is 0.226. The van der Waals surface area contributed by atoms with E-state index in [0.717, 1.165) is 11.3 Å². The normalized spacial score (nSPS) is 13.1. The molecule has 0 unspecified atom stereocenters. The first kappa shape index (κ1) is 69.3. The fourth-order valence-electron chi connectivity index (χ4n) is 8.78. The van der Waals surface area contributed by atoms with E-state index in [1.54, 1.807) is 107 Å². The van der Waals surface area contributed by atoms with Gasteiger partial charge < -0.3 is 54.3 Å². The molecular formula is C52H70O18P6S7. The van der Waals surface area contributed by atoms with Gasteiger partial charge in [0.05, 0.1) is 140 Å². The SMILES string of the molecule is CCOP(=O)(OCC)c1c(-c2cccs2)sc(-c2ccc(-c3sc(-c4ccc(-c5sc(-c6cccs6)c(P(=O)(OCC)OCC)c5P(=O)(OCC)OCC)s4)c(P(=O)(OCC)OCC)c3P(=O)(OCC)OCC)s2)c1P(=O)(OCC)OCC. The van der Waals surface area contributed by atoms with Gasteiger partial charge in [0.15, 0.2) is 0 Å². The Morgan fingerprint density at radius 2 is 0.422 bits per heavy atom. The van der Waals surface area contributed by atoms with Crippen LogP contribution >= 0.6 is 125 Å². The molecule has 0 aromatic carbocycles. The third-order valence-electron chi connectivity index (χ3n) is 11.4. The molecule has 0 fully saturated rings. The predicted molar refractivity (Wildman–Crippen MR) is 347 cm³/mol. The standard InChI is InChI=1S/C52H70O18P6S7/c1-13-59-71(53,60-14-2)41-43(73(55,63-17-5)64-18-6)49(81-47(41)35-27-25-33-77-35)37-29-31-39(79-37)51-45(75(57,67-21-9)68-22-10)46(76(58,69-23-11)70-24-12)52(83-51)40-32-30-38(80-40)50-44(74(56,65-19-7)66-20-8)42(72(54,61-15-3)62-16-4)48(82-50)36-28-26-34-78-36/h25-34H,13-24H2,1-12H3. The highest BCUT2D eigenvalue weighted by Gasteiger charge is 2.50. The minimum atomic E-state index is -4.49. The summed E-state index contributed by atoms with van der Waals surface area (Å²) in [5, 5.41) is 3.89. The Labute approximate surface area is 514 Å². The van der Waals surface area contributed by atoms with E-state index in [2.05, 4.69) is 0 Å². The van der Waals surface area contributed by atoms with Crippen LogP contribution in [-0.2, 0) is 81.7 Å². The van der Waals surface area contributed by atoms with Gasteiger partial charge >= 0.3 is 45.6 Å². The molecular weight excluding hydrogens is 1320 g/mol. The van der Waals surface area contributed by atoms with Crippen molar-refractivity contribution in [1.82, 2.24) is 0 Å². The number of hydrogen-bond donors (Lipinski definition) is 0. The van der Waals surface area contributed by atoms with Crippen LogP contribution in [0.5, 0.6) is 0 Å². The highest BCUT2D eigenvalue weighted by Crippen LogP contribution is 2.64. The molecule has 0 saturated carbocycles. The van der Waals surface area contributed by atoms with Gasteiger partial charge in [0.1, 0.15) is 0 Å². The minimum Gasteiger partial charge on any atom is -0.305 e. The van der Waals surface area contributed by atoms with Crippen LogP contribution in [0.25, 0.3) is 58.5 Å². The molecule has 0 saturated heterocycles. The van der Waals surface area contributed by atoms with Crippen LogP contribution in [0.1, 0.15) is 83.1 Å². The molecule has 0 radical (unpaired) electrons. The van der Waals surface area contributed by atoms with Gasteiger partial charge in [-0.15, -0.1) is 79.4 Å². The summed E-state index contributed by atoms with van der Waals surface area (Å²) >= 11 is 8.86. The molecule has 0 N–H and O–H groups in total. The Balaban J connectivity index is 1.61. The van der Waals surface area contributed by atoms with Crippen molar-refractivity contribution in [3.8, 4) is 58.5 Å². The zero-order valence-electron chi connectivity index (χ0n) is 48.1. The molecule has 0 aliphatic rings. The predicted octanol–water partition coefficient (Wildman–Crippen LogP) is 17.5. The summed E-state index contributed by atoms with van der Waals surface area (Å²) in [7, 11) is -26.2. The Morgan fingerprint density at radius 1 is 0.253 bits per heavy atom. The second kappa shape index (κ2) is 30.5. The van der Waals surface area contributed by atoms with Gasteiger partial charge in [0.25, 0.3) is 0 Å². The summed E-state index contributed by atoms with van der Waals surface area (Å²) in [4.78, 5) is 5.91. The zero-order valence-corrected chi connectivity index (χ0v) is 59.2. The average molecular weight is 1390 g/mol. The topological polar surface area (TPSA) is 213 Å². The van der Waals surface area contributed by atoms with Crippen LogP contribution in [0.2, 0.25) is 0 Å². The molecule has 0 aliphatic heterocycles. The van der Waals surface area contributed by atoms with E-state index in [0.29, 0.717) is 58.5 Å². The first-order valence-electron chi connectivity index (χ1n) is 27.0. The fraction of sp³-hybridized carbons (Fsp3) is 0.462. The van der Waals surface area contributed by atoms with Crippen molar-refractivity contribution in [3.63, 3.8) is 0 Å². The van der Waals surface area contributed by atoms with Crippen molar-refractivity contribution < 1.29 is 81.7 Å². The van der Waals surface area contributed by atoms with Gasteiger partial charge in [-0.05, 0) is 130 Å². The Hall–Kier alpha value is -1.20. The lowest BCUT2D eigenvalue weighted by atomic mass is 10.3. The Kier molecular flexibility index (Phi) is 25.5. The van der Waals surface area contributed by atoms with Crippen LogP contribution in [-0.4, -0.2) is 79.3 Å². The van der Waals surface area contributed by atoms with E-state index in [1.165, 1.54) is 68.0 Å². The highest BCUT2D eigenvalue weighted by molar-refractivity contribution is 7.72. The summed E-state index contributed by atoms with van der Waals surface area (Å²) in [6.07, 6.45) is 0. The molecule has 31 heteroatoms. The molecule has 7 heterocycles. The maximum atomic E-state index is 15.9. The van der Waals surface area contributed by atoms with Gasteiger partial charge in [0, 0.05) is 29.3 Å². The third-order valence-corrected chi connectivity index (χ3v) is 34.5. The molecule has 0 aliphatic carbocycles. The average Bonchev–Trinajstić information content (AvgIpc) is 3.68. The van der Waals surface area contributed by atoms with Crippen molar-refractivity contribution in [2.45, 2.75) is 83.1 Å². The molecule has 0 amide bonds. The van der Waals surface area contributed by atoms with Crippen molar-refractivity contribution >= 4 is 157 Å². The van der Waals surface area contributed by atoms with Crippen LogP contribution in [0.15, 0.2) is 59.3 Å². The Morgan fingerprint density at radius 3 is 0.566 bits per heavy atom. The maximum Gasteiger partial charge on any atom is 0.363 e. The molecule has 83 heavy (non-hydrogen) atoms. The van der Waals surface area contributed by atoms with E-state index < -0.39 is 45.6 Å².